The van der Waals surface area contributed by atoms with Gasteiger partial charge in [0.15, 0.2) is 0 Å². The lowest BCUT2D eigenvalue weighted by Crippen LogP contribution is -2.38. The van der Waals surface area contributed by atoms with Crippen molar-refractivity contribution < 1.29 is 14.3 Å². The number of carbonyl (C=O) groups excluding carboxylic acids is 1. The first-order valence-corrected chi connectivity index (χ1v) is 7.52. The van der Waals surface area contributed by atoms with Gasteiger partial charge >= 0.3 is 0 Å². The summed E-state index contributed by atoms with van der Waals surface area (Å²) in [5.41, 5.74) is 1.84. The minimum absolute atomic E-state index is 0.0832. The minimum atomic E-state index is 0.0832. The van der Waals surface area contributed by atoms with Gasteiger partial charge in [0.1, 0.15) is 18.1 Å². The van der Waals surface area contributed by atoms with Gasteiger partial charge in [-0.1, -0.05) is 24.3 Å². The Morgan fingerprint density at radius 2 is 1.95 bits per heavy atom. The second-order valence-corrected chi connectivity index (χ2v) is 5.12. The van der Waals surface area contributed by atoms with Crippen LogP contribution < -0.4 is 14.4 Å². The molecule has 0 atom stereocenters. The number of ether oxygens (including phenoxy) is 2. The maximum Gasteiger partial charge on any atom is 0.231 e. The van der Waals surface area contributed by atoms with Crippen LogP contribution in [0.2, 0.25) is 0 Å². The Labute approximate surface area is 130 Å². The molecular weight excluding hydrogens is 278 g/mol. The molecule has 2 aromatic carbocycles. The Hall–Kier alpha value is -2.49. The standard InChI is InChI=1S/C18H19NO3/c1-2-21-15-9-7-14(8-10-15)13-18(20)19-11-12-22-17-6-4-3-5-16(17)19/h3-10H,2,11-13H2,1H3. The van der Waals surface area contributed by atoms with Crippen molar-refractivity contribution in [3.63, 3.8) is 0 Å². The lowest BCUT2D eigenvalue weighted by Gasteiger charge is -2.29. The van der Waals surface area contributed by atoms with Crippen LogP contribution in [0.4, 0.5) is 5.69 Å². The van der Waals surface area contributed by atoms with Gasteiger partial charge in [0.05, 0.1) is 25.3 Å². The summed E-state index contributed by atoms with van der Waals surface area (Å²) < 4.78 is 11.0. The van der Waals surface area contributed by atoms with Crippen molar-refractivity contribution in [3.05, 3.63) is 54.1 Å². The number of rotatable bonds is 4. The molecule has 0 radical (unpaired) electrons. The normalized spacial score (nSPS) is 13.2. The highest BCUT2D eigenvalue weighted by atomic mass is 16.5. The van der Waals surface area contributed by atoms with Gasteiger partial charge in [-0.15, -0.1) is 0 Å². The summed E-state index contributed by atoms with van der Waals surface area (Å²) in [6, 6.07) is 15.3. The van der Waals surface area contributed by atoms with Crippen LogP contribution in [0.25, 0.3) is 0 Å². The Morgan fingerprint density at radius 1 is 1.18 bits per heavy atom. The van der Waals surface area contributed by atoms with E-state index in [4.69, 9.17) is 9.47 Å². The average molecular weight is 297 g/mol. The zero-order valence-electron chi connectivity index (χ0n) is 12.6. The van der Waals surface area contributed by atoms with Crippen LogP contribution in [0.5, 0.6) is 11.5 Å². The fourth-order valence-electron chi connectivity index (χ4n) is 2.57. The van der Waals surface area contributed by atoms with E-state index in [1.165, 1.54) is 0 Å². The van der Waals surface area contributed by atoms with Crippen molar-refractivity contribution in [2.45, 2.75) is 13.3 Å². The third-order valence-electron chi connectivity index (χ3n) is 3.62. The molecule has 0 saturated heterocycles. The highest BCUT2D eigenvalue weighted by Gasteiger charge is 2.23. The molecule has 0 saturated carbocycles. The van der Waals surface area contributed by atoms with Gasteiger partial charge in [0.25, 0.3) is 0 Å². The Kier molecular flexibility index (Phi) is 4.28. The van der Waals surface area contributed by atoms with Crippen molar-refractivity contribution in [1.29, 1.82) is 0 Å². The summed E-state index contributed by atoms with van der Waals surface area (Å²) in [6.45, 7) is 3.72. The van der Waals surface area contributed by atoms with E-state index in [0.717, 1.165) is 22.7 Å². The number of para-hydroxylation sites is 2. The van der Waals surface area contributed by atoms with Crippen LogP contribution in [0.15, 0.2) is 48.5 Å². The minimum Gasteiger partial charge on any atom is -0.494 e. The molecule has 0 N–H and O–H groups in total. The Morgan fingerprint density at radius 3 is 2.73 bits per heavy atom. The fourth-order valence-corrected chi connectivity index (χ4v) is 2.57. The third kappa shape index (κ3) is 3.06. The molecule has 2 aromatic rings. The zero-order valence-corrected chi connectivity index (χ0v) is 12.6. The average Bonchev–Trinajstić information content (AvgIpc) is 2.56. The van der Waals surface area contributed by atoms with E-state index in [0.29, 0.717) is 26.2 Å². The molecule has 114 valence electrons. The lowest BCUT2D eigenvalue weighted by molar-refractivity contribution is -0.118. The first-order chi connectivity index (χ1) is 10.8. The molecule has 0 aromatic heterocycles. The summed E-state index contributed by atoms with van der Waals surface area (Å²) >= 11 is 0. The van der Waals surface area contributed by atoms with Crippen LogP contribution in [0, 0.1) is 0 Å². The maximum absolute atomic E-state index is 12.6. The van der Waals surface area contributed by atoms with Crippen molar-refractivity contribution in [1.82, 2.24) is 0 Å². The number of anilines is 1. The summed E-state index contributed by atoms with van der Waals surface area (Å²) in [5, 5.41) is 0. The Balaban J connectivity index is 1.72. The zero-order chi connectivity index (χ0) is 15.4. The van der Waals surface area contributed by atoms with Crippen molar-refractivity contribution in [2.75, 3.05) is 24.7 Å². The van der Waals surface area contributed by atoms with Crippen LogP contribution >= 0.6 is 0 Å². The number of hydrogen-bond donors (Lipinski definition) is 0. The smallest absolute Gasteiger partial charge is 0.231 e. The van der Waals surface area contributed by atoms with E-state index in [2.05, 4.69) is 0 Å². The molecule has 1 heterocycles. The van der Waals surface area contributed by atoms with E-state index in [1.807, 2.05) is 55.5 Å². The molecule has 0 bridgehead atoms. The summed E-state index contributed by atoms with van der Waals surface area (Å²) in [7, 11) is 0. The third-order valence-corrected chi connectivity index (χ3v) is 3.62. The molecule has 4 heteroatoms. The number of benzene rings is 2. The van der Waals surface area contributed by atoms with Gasteiger partial charge in [-0.25, -0.2) is 0 Å². The van der Waals surface area contributed by atoms with E-state index in [-0.39, 0.29) is 5.91 Å². The summed E-state index contributed by atoms with van der Waals surface area (Å²) in [5.74, 6) is 1.68. The van der Waals surface area contributed by atoms with Crippen LogP contribution in [-0.2, 0) is 11.2 Å². The molecule has 1 aliphatic heterocycles. The fraction of sp³-hybridized carbons (Fsp3) is 0.278. The quantitative estimate of drug-likeness (QED) is 0.870. The van der Waals surface area contributed by atoms with E-state index in [1.54, 1.807) is 4.90 Å². The second kappa shape index (κ2) is 6.52. The molecule has 3 rings (SSSR count). The SMILES string of the molecule is CCOc1ccc(CC(=O)N2CCOc3ccccc32)cc1. The molecule has 1 aliphatic rings. The highest BCUT2D eigenvalue weighted by Crippen LogP contribution is 2.31. The van der Waals surface area contributed by atoms with Gasteiger partial charge in [-0.2, -0.15) is 0 Å². The van der Waals surface area contributed by atoms with Crippen LogP contribution in [0.3, 0.4) is 0 Å². The molecule has 4 nitrogen and oxygen atoms in total. The van der Waals surface area contributed by atoms with Gasteiger partial charge in [-0.05, 0) is 36.8 Å². The predicted octanol–water partition coefficient (Wildman–Crippen LogP) is 3.05. The number of amides is 1. The molecule has 0 spiro atoms. The summed E-state index contributed by atoms with van der Waals surface area (Å²) in [6.07, 6.45) is 0.376. The van der Waals surface area contributed by atoms with Gasteiger partial charge in [0.2, 0.25) is 5.91 Å². The predicted molar refractivity (Wildman–Crippen MR) is 85.6 cm³/mol. The Bertz CT molecular complexity index is 652. The molecule has 22 heavy (non-hydrogen) atoms. The van der Waals surface area contributed by atoms with E-state index in [9.17, 15) is 4.79 Å². The first-order valence-electron chi connectivity index (χ1n) is 7.52. The molecular formula is C18H19NO3. The van der Waals surface area contributed by atoms with Crippen LogP contribution in [-0.4, -0.2) is 25.7 Å². The molecule has 0 unspecified atom stereocenters. The number of hydrogen-bond acceptors (Lipinski definition) is 3. The highest BCUT2D eigenvalue weighted by molar-refractivity contribution is 5.96. The van der Waals surface area contributed by atoms with Crippen molar-refractivity contribution in [3.8, 4) is 11.5 Å². The van der Waals surface area contributed by atoms with Crippen molar-refractivity contribution in [2.24, 2.45) is 0 Å². The second-order valence-electron chi connectivity index (χ2n) is 5.12. The van der Waals surface area contributed by atoms with Crippen LogP contribution in [0.1, 0.15) is 12.5 Å². The molecule has 0 fully saturated rings. The molecule has 1 amide bonds. The van der Waals surface area contributed by atoms with Crippen molar-refractivity contribution >= 4 is 11.6 Å². The van der Waals surface area contributed by atoms with E-state index >= 15 is 0 Å². The topological polar surface area (TPSA) is 38.8 Å². The maximum atomic E-state index is 12.6. The summed E-state index contributed by atoms with van der Waals surface area (Å²) in [4.78, 5) is 14.4. The monoisotopic (exact) mass is 297 g/mol. The van der Waals surface area contributed by atoms with E-state index < -0.39 is 0 Å². The van der Waals surface area contributed by atoms with Gasteiger partial charge < -0.3 is 14.4 Å². The van der Waals surface area contributed by atoms with Gasteiger partial charge in [-0.3, -0.25) is 4.79 Å². The number of carbonyl (C=O) groups is 1. The first kappa shape index (κ1) is 14.4. The van der Waals surface area contributed by atoms with Gasteiger partial charge in [0, 0.05) is 0 Å². The lowest BCUT2D eigenvalue weighted by atomic mass is 10.1. The number of fused-ring (bicyclic) bond motifs is 1. The number of nitrogens with zero attached hydrogens (tertiary/aromatic N) is 1. The largest absolute Gasteiger partial charge is 0.494 e. The molecule has 0 aliphatic carbocycles.